The third kappa shape index (κ3) is 7.80. The lowest BCUT2D eigenvalue weighted by Gasteiger charge is -2.25. The van der Waals surface area contributed by atoms with E-state index in [1.807, 2.05) is 19.1 Å². The maximum atomic E-state index is 12.7. The van der Waals surface area contributed by atoms with Crippen LogP contribution in [0.4, 0.5) is 0 Å². The first-order valence-corrected chi connectivity index (χ1v) is 12.5. The molecule has 1 aromatic carbocycles. The van der Waals surface area contributed by atoms with E-state index < -0.39 is 0 Å². The standard InChI is InChI=1S/C26H40N2O4/c1-3-20(2)23(29)9-5-4-6-10-26(30)27-22(19-28-13-7-8-14-28)17-21-11-12-24-25(18-21)32-16-15-31-24/h11-12,18,20,22H,3-10,13-17,19H2,1-2H3,(H,27,30)/t20?,22-/m0/s1. The number of nitrogens with one attached hydrogen (secondary N) is 1. The number of hydrogen-bond acceptors (Lipinski definition) is 5. The van der Waals surface area contributed by atoms with Gasteiger partial charge in [0.1, 0.15) is 19.0 Å². The minimum absolute atomic E-state index is 0.0788. The summed E-state index contributed by atoms with van der Waals surface area (Å²) in [5.41, 5.74) is 1.15. The molecule has 0 aromatic heterocycles. The molecule has 1 aromatic rings. The fourth-order valence-electron chi connectivity index (χ4n) is 4.47. The first kappa shape index (κ1) is 24.6. The summed E-state index contributed by atoms with van der Waals surface area (Å²) in [6, 6.07) is 6.17. The smallest absolute Gasteiger partial charge is 0.220 e. The predicted octanol–water partition coefficient (Wildman–Crippen LogP) is 4.15. The topological polar surface area (TPSA) is 67.9 Å². The largest absolute Gasteiger partial charge is 0.486 e. The Kier molecular flexibility index (Phi) is 9.85. The Bertz CT molecular complexity index is 745. The fraction of sp³-hybridized carbons (Fsp3) is 0.692. The van der Waals surface area contributed by atoms with Crippen molar-refractivity contribution >= 4 is 11.7 Å². The molecule has 1 N–H and O–H groups in total. The molecule has 2 atom stereocenters. The third-order valence-corrected chi connectivity index (χ3v) is 6.62. The van der Waals surface area contributed by atoms with E-state index in [4.69, 9.17) is 9.47 Å². The number of carbonyl (C=O) groups excluding carboxylic acids is 2. The summed E-state index contributed by atoms with van der Waals surface area (Å²) >= 11 is 0. The summed E-state index contributed by atoms with van der Waals surface area (Å²) in [5.74, 6) is 2.21. The Morgan fingerprint density at radius 3 is 2.50 bits per heavy atom. The normalized spacial score (nSPS) is 17.7. The zero-order valence-corrected chi connectivity index (χ0v) is 19.9. The lowest BCUT2D eigenvalue weighted by molar-refractivity contribution is -0.122. The van der Waals surface area contributed by atoms with E-state index in [0.717, 1.165) is 68.8 Å². The molecule has 3 rings (SSSR count). The maximum Gasteiger partial charge on any atom is 0.220 e. The number of unbranched alkanes of at least 4 members (excludes halogenated alkanes) is 2. The van der Waals surface area contributed by atoms with Gasteiger partial charge in [0.15, 0.2) is 11.5 Å². The van der Waals surface area contributed by atoms with Gasteiger partial charge in [-0.1, -0.05) is 26.3 Å². The lowest BCUT2D eigenvalue weighted by Crippen LogP contribution is -2.44. The second kappa shape index (κ2) is 12.8. The molecule has 32 heavy (non-hydrogen) atoms. The van der Waals surface area contributed by atoms with Gasteiger partial charge in [0, 0.05) is 31.3 Å². The van der Waals surface area contributed by atoms with Crippen LogP contribution >= 0.6 is 0 Å². The number of hydrogen-bond donors (Lipinski definition) is 1. The first-order chi connectivity index (χ1) is 15.5. The monoisotopic (exact) mass is 444 g/mol. The lowest BCUT2D eigenvalue weighted by atomic mass is 9.98. The van der Waals surface area contributed by atoms with Crippen LogP contribution in [0.15, 0.2) is 18.2 Å². The van der Waals surface area contributed by atoms with Crippen molar-refractivity contribution in [3.63, 3.8) is 0 Å². The molecule has 0 saturated carbocycles. The van der Waals surface area contributed by atoms with Gasteiger partial charge in [-0.25, -0.2) is 0 Å². The number of nitrogens with zero attached hydrogens (tertiary/aromatic N) is 1. The van der Waals surface area contributed by atoms with Crippen LogP contribution < -0.4 is 14.8 Å². The van der Waals surface area contributed by atoms with E-state index in [-0.39, 0.29) is 17.9 Å². The molecule has 2 heterocycles. The molecule has 1 amide bonds. The van der Waals surface area contributed by atoms with Crippen molar-refractivity contribution in [2.45, 2.75) is 77.7 Å². The van der Waals surface area contributed by atoms with Gasteiger partial charge in [0.2, 0.25) is 5.91 Å². The third-order valence-electron chi connectivity index (χ3n) is 6.62. The molecule has 1 unspecified atom stereocenters. The van der Waals surface area contributed by atoms with E-state index in [0.29, 0.717) is 31.8 Å². The number of ketones is 1. The molecule has 0 radical (unpaired) electrons. The van der Waals surface area contributed by atoms with Crippen molar-refractivity contribution in [1.82, 2.24) is 10.2 Å². The van der Waals surface area contributed by atoms with Crippen LogP contribution in [-0.4, -0.2) is 55.5 Å². The van der Waals surface area contributed by atoms with Crippen molar-refractivity contribution in [2.24, 2.45) is 5.92 Å². The molecule has 0 bridgehead atoms. The Balaban J connectivity index is 1.47. The van der Waals surface area contributed by atoms with E-state index in [1.165, 1.54) is 12.8 Å². The number of benzene rings is 1. The molecular weight excluding hydrogens is 404 g/mol. The van der Waals surface area contributed by atoms with Crippen LogP contribution in [0, 0.1) is 5.92 Å². The summed E-state index contributed by atoms with van der Waals surface area (Å²) in [6.45, 7) is 8.31. The molecule has 178 valence electrons. The van der Waals surface area contributed by atoms with Gasteiger partial charge in [0.05, 0.1) is 0 Å². The van der Waals surface area contributed by atoms with Crippen LogP contribution in [0.25, 0.3) is 0 Å². The first-order valence-electron chi connectivity index (χ1n) is 12.5. The second-order valence-corrected chi connectivity index (χ2v) is 9.29. The van der Waals surface area contributed by atoms with E-state index in [1.54, 1.807) is 0 Å². The average molecular weight is 445 g/mol. The SMILES string of the molecule is CCC(C)C(=O)CCCCCC(=O)N[C@@H](Cc1ccc2c(c1)OCCO2)CN1CCCC1. The zero-order valence-electron chi connectivity index (χ0n) is 19.9. The number of Topliss-reactive ketones (excluding diaryl/α,β-unsaturated/α-hetero) is 1. The highest BCUT2D eigenvalue weighted by Gasteiger charge is 2.21. The number of fused-ring (bicyclic) bond motifs is 1. The van der Waals surface area contributed by atoms with Crippen molar-refractivity contribution in [3.05, 3.63) is 23.8 Å². The van der Waals surface area contributed by atoms with Gasteiger partial charge in [0.25, 0.3) is 0 Å². The summed E-state index contributed by atoms with van der Waals surface area (Å²) in [7, 11) is 0. The van der Waals surface area contributed by atoms with Crippen LogP contribution in [-0.2, 0) is 16.0 Å². The molecule has 0 aliphatic carbocycles. The molecule has 0 spiro atoms. The second-order valence-electron chi connectivity index (χ2n) is 9.29. The summed E-state index contributed by atoms with van der Waals surface area (Å²) in [4.78, 5) is 27.1. The molecule has 6 nitrogen and oxygen atoms in total. The van der Waals surface area contributed by atoms with Gasteiger partial charge in [-0.2, -0.15) is 0 Å². The van der Waals surface area contributed by atoms with Gasteiger partial charge in [-0.05, 0) is 69.3 Å². The summed E-state index contributed by atoms with van der Waals surface area (Å²) < 4.78 is 11.4. The number of amides is 1. The molecular formula is C26H40N2O4. The highest BCUT2D eigenvalue weighted by molar-refractivity contribution is 5.80. The minimum atomic E-state index is 0.0788. The van der Waals surface area contributed by atoms with Crippen molar-refractivity contribution in [2.75, 3.05) is 32.8 Å². The van der Waals surface area contributed by atoms with Crippen molar-refractivity contribution in [1.29, 1.82) is 0 Å². The molecule has 2 aliphatic rings. The Hall–Kier alpha value is -2.08. The molecule has 1 saturated heterocycles. The van der Waals surface area contributed by atoms with Crippen LogP contribution in [0.2, 0.25) is 0 Å². The van der Waals surface area contributed by atoms with E-state index in [9.17, 15) is 9.59 Å². The fourth-order valence-corrected chi connectivity index (χ4v) is 4.47. The van der Waals surface area contributed by atoms with Gasteiger partial charge in [-0.15, -0.1) is 0 Å². The predicted molar refractivity (Wildman–Crippen MR) is 126 cm³/mol. The van der Waals surface area contributed by atoms with Crippen molar-refractivity contribution < 1.29 is 19.1 Å². The summed E-state index contributed by atoms with van der Waals surface area (Å²) in [5, 5.41) is 3.28. The number of ether oxygens (including phenoxy) is 2. The Labute approximate surface area is 193 Å². The molecule has 6 heteroatoms. The van der Waals surface area contributed by atoms with E-state index >= 15 is 0 Å². The quantitative estimate of drug-likeness (QED) is 0.463. The Morgan fingerprint density at radius 2 is 1.75 bits per heavy atom. The highest BCUT2D eigenvalue weighted by Crippen LogP contribution is 2.31. The number of likely N-dealkylation sites (tertiary alicyclic amines) is 1. The van der Waals surface area contributed by atoms with Gasteiger partial charge < -0.3 is 19.7 Å². The summed E-state index contributed by atoms with van der Waals surface area (Å²) in [6.07, 6.45) is 7.96. The zero-order chi connectivity index (χ0) is 22.8. The Morgan fingerprint density at radius 1 is 1.03 bits per heavy atom. The van der Waals surface area contributed by atoms with Crippen LogP contribution in [0.1, 0.15) is 70.8 Å². The van der Waals surface area contributed by atoms with Crippen LogP contribution in [0.3, 0.4) is 0 Å². The molecule has 2 aliphatic heterocycles. The maximum absolute atomic E-state index is 12.7. The highest BCUT2D eigenvalue weighted by atomic mass is 16.6. The number of rotatable bonds is 13. The number of carbonyl (C=O) groups is 2. The van der Waals surface area contributed by atoms with E-state index in [2.05, 4.69) is 23.2 Å². The molecule has 1 fully saturated rings. The van der Waals surface area contributed by atoms with Gasteiger partial charge in [-0.3, -0.25) is 9.59 Å². The minimum Gasteiger partial charge on any atom is -0.486 e. The van der Waals surface area contributed by atoms with Crippen LogP contribution in [0.5, 0.6) is 11.5 Å². The van der Waals surface area contributed by atoms with Gasteiger partial charge >= 0.3 is 0 Å². The van der Waals surface area contributed by atoms with Crippen molar-refractivity contribution in [3.8, 4) is 11.5 Å². The average Bonchev–Trinajstić information content (AvgIpc) is 3.31.